The van der Waals surface area contributed by atoms with Crippen LogP contribution >= 0.6 is 34.8 Å². The summed E-state index contributed by atoms with van der Waals surface area (Å²) in [4.78, 5) is 13.6. The van der Waals surface area contributed by atoms with Crippen LogP contribution in [0, 0.1) is 0 Å². The molecule has 0 saturated heterocycles. The summed E-state index contributed by atoms with van der Waals surface area (Å²) in [6, 6.07) is 19.5. The maximum absolute atomic E-state index is 12.6. The third kappa shape index (κ3) is 3.72. The van der Waals surface area contributed by atoms with Crippen LogP contribution in [0.3, 0.4) is 0 Å². The summed E-state index contributed by atoms with van der Waals surface area (Å²) in [6.45, 7) is 0. The van der Waals surface area contributed by atoms with Gasteiger partial charge in [0.2, 0.25) is 5.91 Å². The van der Waals surface area contributed by atoms with E-state index in [2.05, 4.69) is 24.3 Å². The van der Waals surface area contributed by atoms with Crippen LogP contribution in [0.25, 0.3) is 27.4 Å². The molecular formula is C20H14N6OS3. The molecule has 1 N–H and O–H groups in total. The standard InChI is InChI=1S/C20H14N6OS3/c27-17(21-14-8-4-9-15-18(14)25-30-24-15)12-29-20-23-22-19(16-10-5-11-28-16)26(20)13-6-2-1-3-7-13/h1-11H,12H2,(H,21,27). The van der Waals surface area contributed by atoms with Crippen LogP contribution in [0.1, 0.15) is 0 Å². The van der Waals surface area contributed by atoms with Crippen LogP contribution in [0.5, 0.6) is 0 Å². The first-order chi connectivity index (χ1) is 14.8. The van der Waals surface area contributed by atoms with Crippen LogP contribution in [-0.2, 0) is 4.79 Å². The van der Waals surface area contributed by atoms with E-state index in [1.54, 1.807) is 11.3 Å². The molecule has 0 saturated carbocycles. The number of carbonyl (C=O) groups excluding carboxylic acids is 1. The fraction of sp³-hybridized carbons (Fsp3) is 0.0500. The molecule has 0 unspecified atom stereocenters. The van der Waals surface area contributed by atoms with E-state index in [0.29, 0.717) is 16.4 Å². The lowest BCUT2D eigenvalue weighted by Gasteiger charge is -2.09. The zero-order chi connectivity index (χ0) is 20.3. The molecule has 1 amide bonds. The molecule has 0 aliphatic carbocycles. The Morgan fingerprint density at radius 2 is 1.90 bits per heavy atom. The van der Waals surface area contributed by atoms with Gasteiger partial charge in [-0.15, -0.1) is 21.5 Å². The van der Waals surface area contributed by atoms with Crippen molar-refractivity contribution in [3.05, 3.63) is 66.0 Å². The molecule has 0 radical (unpaired) electrons. The van der Waals surface area contributed by atoms with Gasteiger partial charge in [0.05, 0.1) is 28.0 Å². The average Bonchev–Trinajstić information content (AvgIpc) is 3.53. The number of benzene rings is 2. The van der Waals surface area contributed by atoms with Gasteiger partial charge in [0.1, 0.15) is 11.0 Å². The van der Waals surface area contributed by atoms with Gasteiger partial charge in [-0.05, 0) is 35.7 Å². The zero-order valence-electron chi connectivity index (χ0n) is 15.4. The quantitative estimate of drug-likeness (QED) is 0.376. The summed E-state index contributed by atoms with van der Waals surface area (Å²) >= 11 is 4.07. The van der Waals surface area contributed by atoms with E-state index in [-0.39, 0.29) is 11.7 Å². The first-order valence-electron chi connectivity index (χ1n) is 8.98. The summed E-state index contributed by atoms with van der Waals surface area (Å²) in [6.07, 6.45) is 0. The number of aromatic nitrogens is 5. The number of fused-ring (bicyclic) bond motifs is 1. The minimum atomic E-state index is -0.138. The van der Waals surface area contributed by atoms with Crippen molar-refractivity contribution in [1.29, 1.82) is 0 Å². The Balaban J connectivity index is 1.38. The van der Waals surface area contributed by atoms with Gasteiger partial charge >= 0.3 is 0 Å². The Morgan fingerprint density at radius 1 is 1.00 bits per heavy atom. The van der Waals surface area contributed by atoms with Crippen molar-refractivity contribution in [3.63, 3.8) is 0 Å². The van der Waals surface area contributed by atoms with E-state index in [1.165, 1.54) is 11.8 Å². The van der Waals surface area contributed by atoms with Crippen molar-refractivity contribution < 1.29 is 4.79 Å². The second-order valence-corrected chi connectivity index (χ2v) is 8.65. The van der Waals surface area contributed by atoms with E-state index in [1.807, 2.05) is 70.6 Å². The van der Waals surface area contributed by atoms with Gasteiger partial charge in [-0.2, -0.15) is 8.75 Å². The van der Waals surface area contributed by atoms with Crippen LogP contribution in [0.15, 0.2) is 71.2 Å². The van der Waals surface area contributed by atoms with Gasteiger partial charge in [0.25, 0.3) is 0 Å². The molecule has 0 aliphatic rings. The number of hydrogen-bond acceptors (Lipinski definition) is 8. The van der Waals surface area contributed by atoms with Crippen molar-refractivity contribution in [2.24, 2.45) is 0 Å². The highest BCUT2D eigenvalue weighted by Crippen LogP contribution is 2.30. The number of carbonyl (C=O) groups is 1. The SMILES string of the molecule is O=C(CSc1nnc(-c2cccs2)n1-c1ccccc1)Nc1cccc2nsnc12. The minimum absolute atomic E-state index is 0.138. The topological polar surface area (TPSA) is 85.6 Å². The number of thiophene rings is 1. The summed E-state index contributed by atoms with van der Waals surface area (Å²) < 4.78 is 10.4. The van der Waals surface area contributed by atoms with E-state index >= 15 is 0 Å². The Kier molecular flexibility index (Phi) is 5.26. The molecule has 30 heavy (non-hydrogen) atoms. The van der Waals surface area contributed by atoms with Crippen LogP contribution in [-0.4, -0.2) is 35.2 Å². The first-order valence-corrected chi connectivity index (χ1v) is 11.6. The highest BCUT2D eigenvalue weighted by molar-refractivity contribution is 7.99. The smallest absolute Gasteiger partial charge is 0.234 e. The lowest BCUT2D eigenvalue weighted by atomic mass is 10.2. The highest BCUT2D eigenvalue weighted by Gasteiger charge is 2.18. The predicted molar refractivity (Wildman–Crippen MR) is 121 cm³/mol. The zero-order valence-corrected chi connectivity index (χ0v) is 17.9. The van der Waals surface area contributed by atoms with Gasteiger partial charge in [0.15, 0.2) is 11.0 Å². The van der Waals surface area contributed by atoms with E-state index in [9.17, 15) is 4.79 Å². The van der Waals surface area contributed by atoms with Crippen LogP contribution in [0.4, 0.5) is 5.69 Å². The Hall–Kier alpha value is -3.08. The third-order valence-electron chi connectivity index (χ3n) is 4.28. The summed E-state index contributed by atoms with van der Waals surface area (Å²) in [5, 5.41) is 14.3. The number of hydrogen-bond donors (Lipinski definition) is 1. The predicted octanol–water partition coefficient (Wildman–Crippen LogP) is 4.73. The molecule has 0 atom stereocenters. The molecule has 0 bridgehead atoms. The van der Waals surface area contributed by atoms with E-state index in [0.717, 1.165) is 33.6 Å². The lowest BCUT2D eigenvalue weighted by molar-refractivity contribution is -0.113. The fourth-order valence-corrected chi connectivity index (χ4v) is 4.96. The van der Waals surface area contributed by atoms with E-state index in [4.69, 9.17) is 0 Å². The van der Waals surface area contributed by atoms with Crippen LogP contribution in [0.2, 0.25) is 0 Å². The first kappa shape index (κ1) is 18.9. The minimum Gasteiger partial charge on any atom is -0.323 e. The highest BCUT2D eigenvalue weighted by atomic mass is 32.2. The maximum Gasteiger partial charge on any atom is 0.234 e. The molecule has 5 rings (SSSR count). The van der Waals surface area contributed by atoms with Gasteiger partial charge < -0.3 is 5.32 Å². The lowest BCUT2D eigenvalue weighted by Crippen LogP contribution is -2.15. The number of thioether (sulfide) groups is 1. The van der Waals surface area contributed by atoms with Crippen molar-refractivity contribution in [2.45, 2.75) is 5.16 Å². The second-order valence-electron chi connectivity index (χ2n) is 6.23. The largest absolute Gasteiger partial charge is 0.323 e. The van der Waals surface area contributed by atoms with Crippen molar-refractivity contribution in [1.82, 2.24) is 23.5 Å². The van der Waals surface area contributed by atoms with Gasteiger partial charge in [0, 0.05) is 5.69 Å². The number of anilines is 1. The molecule has 10 heteroatoms. The molecule has 0 fully saturated rings. The number of para-hydroxylation sites is 1. The molecule has 0 aliphatic heterocycles. The molecule has 3 aromatic heterocycles. The second kappa shape index (κ2) is 8.34. The molecule has 7 nitrogen and oxygen atoms in total. The molecule has 0 spiro atoms. The fourth-order valence-electron chi connectivity index (χ4n) is 2.96. The molecule has 3 heterocycles. The average molecular weight is 451 g/mol. The van der Waals surface area contributed by atoms with Crippen molar-refractivity contribution in [2.75, 3.05) is 11.1 Å². The maximum atomic E-state index is 12.6. The van der Waals surface area contributed by atoms with E-state index < -0.39 is 0 Å². The summed E-state index contributed by atoms with van der Waals surface area (Å²) in [7, 11) is 0. The number of nitrogens with zero attached hydrogens (tertiary/aromatic N) is 5. The molecular weight excluding hydrogens is 436 g/mol. The summed E-state index contributed by atoms with van der Waals surface area (Å²) in [5.74, 6) is 0.821. The monoisotopic (exact) mass is 450 g/mol. The molecule has 148 valence electrons. The number of rotatable bonds is 6. The Labute approximate surface area is 184 Å². The third-order valence-corrected chi connectivity index (χ3v) is 6.62. The van der Waals surface area contributed by atoms with Gasteiger partial charge in [-0.1, -0.05) is 42.1 Å². The molecule has 5 aromatic rings. The van der Waals surface area contributed by atoms with Gasteiger partial charge in [-0.3, -0.25) is 9.36 Å². The van der Waals surface area contributed by atoms with Gasteiger partial charge in [-0.25, -0.2) is 0 Å². The Bertz CT molecular complexity index is 1300. The van der Waals surface area contributed by atoms with Crippen molar-refractivity contribution >= 4 is 57.5 Å². The normalized spacial score (nSPS) is 11.1. The molecule has 2 aromatic carbocycles. The van der Waals surface area contributed by atoms with Crippen molar-refractivity contribution in [3.8, 4) is 16.4 Å². The van der Waals surface area contributed by atoms with Crippen LogP contribution < -0.4 is 5.32 Å². The number of amides is 1. The number of nitrogens with one attached hydrogen (secondary N) is 1. The Morgan fingerprint density at radius 3 is 2.73 bits per heavy atom. The summed E-state index contributed by atoms with van der Waals surface area (Å²) in [5.41, 5.74) is 3.09.